The van der Waals surface area contributed by atoms with Crippen LogP contribution in [0, 0.1) is 0 Å². The fraction of sp³-hybridized carbons (Fsp3) is 0.727. The van der Waals surface area contributed by atoms with Gasteiger partial charge < -0.3 is 10.4 Å². The normalized spacial score (nSPS) is 20.3. The van der Waals surface area contributed by atoms with Crippen LogP contribution < -0.4 is 5.32 Å². The number of carbonyl (C=O) groups is 1. The van der Waals surface area contributed by atoms with Crippen molar-refractivity contribution in [2.75, 3.05) is 0 Å². The molecule has 0 heterocycles. The van der Waals surface area contributed by atoms with Gasteiger partial charge in [-0.05, 0) is 12.8 Å². The van der Waals surface area contributed by atoms with Crippen molar-refractivity contribution in [1.82, 2.24) is 5.32 Å². The van der Waals surface area contributed by atoms with Crippen LogP contribution in [-0.4, -0.2) is 17.1 Å². The molecule has 0 aromatic carbocycles. The van der Waals surface area contributed by atoms with E-state index < -0.39 is 5.97 Å². The van der Waals surface area contributed by atoms with Crippen molar-refractivity contribution in [3.63, 3.8) is 0 Å². The number of aliphatic carboxylic acids is 1. The van der Waals surface area contributed by atoms with Crippen LogP contribution in [0.15, 0.2) is 12.3 Å². The summed E-state index contributed by atoms with van der Waals surface area (Å²) in [6.45, 7) is 0. The molecule has 0 bridgehead atoms. The highest BCUT2D eigenvalue weighted by atomic mass is 16.4. The number of carboxylic acids is 1. The van der Waals surface area contributed by atoms with E-state index in [1.807, 2.05) is 0 Å². The van der Waals surface area contributed by atoms with Crippen molar-refractivity contribution in [2.45, 2.75) is 51.0 Å². The summed E-state index contributed by atoms with van der Waals surface area (Å²) in [5.74, 6) is -0.886. The first-order chi connectivity index (χ1) is 6.79. The van der Waals surface area contributed by atoms with Crippen LogP contribution in [0.4, 0.5) is 0 Å². The first-order valence-corrected chi connectivity index (χ1v) is 5.44. The molecule has 3 heteroatoms. The average molecular weight is 197 g/mol. The molecule has 0 aliphatic heterocycles. The maximum Gasteiger partial charge on any atom is 0.329 e. The lowest BCUT2D eigenvalue weighted by atomic mass is 9.97. The summed E-state index contributed by atoms with van der Waals surface area (Å²) in [5, 5.41) is 11.6. The molecule has 1 aliphatic rings. The van der Waals surface area contributed by atoms with Crippen LogP contribution in [0.3, 0.4) is 0 Å². The first-order valence-electron chi connectivity index (χ1n) is 5.44. The second-order valence-electron chi connectivity index (χ2n) is 3.88. The van der Waals surface area contributed by atoms with Gasteiger partial charge in [0.05, 0.1) is 0 Å². The molecule has 0 amide bonds. The molecule has 80 valence electrons. The van der Waals surface area contributed by atoms with E-state index >= 15 is 0 Å². The van der Waals surface area contributed by atoms with Crippen molar-refractivity contribution in [1.29, 1.82) is 0 Å². The Labute approximate surface area is 85.2 Å². The maximum atomic E-state index is 10.2. The zero-order chi connectivity index (χ0) is 10.2. The third kappa shape index (κ3) is 4.90. The van der Waals surface area contributed by atoms with Crippen LogP contribution in [0.2, 0.25) is 0 Å². The summed E-state index contributed by atoms with van der Waals surface area (Å²) in [6, 6.07) is 0.478. The third-order valence-corrected chi connectivity index (χ3v) is 2.66. The van der Waals surface area contributed by atoms with Crippen molar-refractivity contribution >= 4 is 5.97 Å². The number of nitrogens with one attached hydrogen (secondary N) is 1. The Balaban J connectivity index is 2.23. The molecule has 0 unspecified atom stereocenters. The lowest BCUT2D eigenvalue weighted by Gasteiger charge is -2.19. The van der Waals surface area contributed by atoms with Crippen molar-refractivity contribution in [2.24, 2.45) is 0 Å². The van der Waals surface area contributed by atoms with Gasteiger partial charge in [0.25, 0.3) is 0 Å². The van der Waals surface area contributed by atoms with Gasteiger partial charge in [0.2, 0.25) is 0 Å². The van der Waals surface area contributed by atoms with Crippen molar-refractivity contribution in [3.05, 3.63) is 12.3 Å². The quantitative estimate of drug-likeness (QED) is 0.682. The summed E-state index contributed by atoms with van der Waals surface area (Å²) in [7, 11) is 0. The second kappa shape index (κ2) is 6.46. The molecule has 0 aromatic heterocycles. The molecule has 2 N–H and O–H groups in total. The summed E-state index contributed by atoms with van der Waals surface area (Å²) in [4.78, 5) is 10.2. The molecule has 0 aromatic rings. The van der Waals surface area contributed by atoms with Crippen molar-refractivity contribution < 1.29 is 9.90 Å². The smallest absolute Gasteiger partial charge is 0.329 e. The van der Waals surface area contributed by atoms with Gasteiger partial charge in [-0.25, -0.2) is 4.79 Å². The van der Waals surface area contributed by atoms with E-state index in [9.17, 15) is 4.79 Å². The molecule has 1 rings (SSSR count). The SMILES string of the molecule is O=C(O)/C=C/NC1CCCCCCC1. The highest BCUT2D eigenvalue weighted by Gasteiger charge is 2.08. The van der Waals surface area contributed by atoms with Crippen LogP contribution in [0.5, 0.6) is 0 Å². The molecular formula is C11H19NO2. The maximum absolute atomic E-state index is 10.2. The highest BCUT2D eigenvalue weighted by Crippen LogP contribution is 2.16. The molecular weight excluding hydrogens is 178 g/mol. The van der Waals surface area contributed by atoms with Gasteiger partial charge >= 0.3 is 5.97 Å². The number of carboxylic acid groups (broad SMARTS) is 1. The van der Waals surface area contributed by atoms with E-state index in [1.165, 1.54) is 51.0 Å². The van der Waals surface area contributed by atoms with E-state index in [0.717, 1.165) is 0 Å². The standard InChI is InChI=1S/C11H19NO2/c13-11(14)8-9-12-10-6-4-2-1-3-5-7-10/h8-10,12H,1-7H2,(H,13,14)/b9-8+. The average Bonchev–Trinajstić information content (AvgIpc) is 2.07. The summed E-state index contributed by atoms with van der Waals surface area (Å²) in [5.41, 5.74) is 0. The minimum Gasteiger partial charge on any atom is -0.478 e. The summed E-state index contributed by atoms with van der Waals surface area (Å²) in [6.07, 6.45) is 11.6. The van der Waals surface area contributed by atoms with Gasteiger partial charge in [0.1, 0.15) is 0 Å². The lowest BCUT2D eigenvalue weighted by molar-refractivity contribution is -0.131. The fourth-order valence-electron chi connectivity index (χ4n) is 1.88. The predicted octanol–water partition coefficient (Wildman–Crippen LogP) is 2.29. The monoisotopic (exact) mass is 197 g/mol. The fourth-order valence-corrected chi connectivity index (χ4v) is 1.88. The van der Waals surface area contributed by atoms with Crippen LogP contribution in [0.1, 0.15) is 44.9 Å². The summed E-state index contributed by atoms with van der Waals surface area (Å²) >= 11 is 0. The molecule has 1 aliphatic carbocycles. The number of hydrogen-bond acceptors (Lipinski definition) is 2. The van der Waals surface area contributed by atoms with E-state index in [4.69, 9.17) is 5.11 Å². The minimum absolute atomic E-state index is 0.478. The second-order valence-corrected chi connectivity index (χ2v) is 3.88. The van der Waals surface area contributed by atoms with Gasteiger partial charge in [0.15, 0.2) is 0 Å². The Kier molecular flexibility index (Phi) is 5.12. The van der Waals surface area contributed by atoms with E-state index in [1.54, 1.807) is 6.20 Å². The lowest BCUT2D eigenvalue weighted by Crippen LogP contribution is -2.25. The van der Waals surface area contributed by atoms with Gasteiger partial charge in [-0.3, -0.25) is 0 Å². The zero-order valence-electron chi connectivity index (χ0n) is 8.54. The number of hydrogen-bond donors (Lipinski definition) is 2. The Hall–Kier alpha value is -0.990. The molecule has 1 saturated carbocycles. The van der Waals surface area contributed by atoms with Gasteiger partial charge in [-0.1, -0.05) is 32.1 Å². The largest absolute Gasteiger partial charge is 0.478 e. The Morgan fingerprint density at radius 2 is 1.71 bits per heavy atom. The van der Waals surface area contributed by atoms with E-state index in [-0.39, 0.29) is 0 Å². The van der Waals surface area contributed by atoms with E-state index in [0.29, 0.717) is 6.04 Å². The van der Waals surface area contributed by atoms with Crippen LogP contribution >= 0.6 is 0 Å². The third-order valence-electron chi connectivity index (χ3n) is 2.66. The van der Waals surface area contributed by atoms with Crippen molar-refractivity contribution in [3.8, 4) is 0 Å². The van der Waals surface area contributed by atoms with Gasteiger partial charge in [-0.15, -0.1) is 0 Å². The van der Waals surface area contributed by atoms with Crippen LogP contribution in [0.25, 0.3) is 0 Å². The Bertz CT molecular complexity index is 193. The first kappa shape index (κ1) is 11.1. The molecule has 0 atom stereocenters. The molecule has 0 spiro atoms. The predicted molar refractivity (Wildman–Crippen MR) is 56.0 cm³/mol. The molecule has 0 radical (unpaired) electrons. The molecule has 1 fully saturated rings. The summed E-state index contributed by atoms with van der Waals surface area (Å²) < 4.78 is 0. The van der Waals surface area contributed by atoms with Gasteiger partial charge in [-0.2, -0.15) is 0 Å². The van der Waals surface area contributed by atoms with Crippen LogP contribution in [-0.2, 0) is 4.79 Å². The van der Waals surface area contributed by atoms with E-state index in [2.05, 4.69) is 5.32 Å². The minimum atomic E-state index is -0.886. The number of rotatable bonds is 3. The Morgan fingerprint density at radius 1 is 1.14 bits per heavy atom. The molecule has 0 saturated heterocycles. The zero-order valence-corrected chi connectivity index (χ0v) is 8.54. The Morgan fingerprint density at radius 3 is 2.29 bits per heavy atom. The highest BCUT2D eigenvalue weighted by molar-refractivity contribution is 5.79. The molecule has 14 heavy (non-hydrogen) atoms. The topological polar surface area (TPSA) is 49.3 Å². The van der Waals surface area contributed by atoms with Gasteiger partial charge in [0, 0.05) is 18.3 Å². The molecule has 3 nitrogen and oxygen atoms in total.